The Kier molecular flexibility index (Phi) is 62.3. The monoisotopic (exact) mass is 1090 g/mol. The Morgan fingerprint density at radius 1 is 0.266 bits per heavy atom. The third-order valence-electron chi connectivity index (χ3n) is 13.7. The molecule has 0 spiro atoms. The zero-order chi connectivity index (χ0) is 57.1. The molecule has 6 heteroatoms. The number of carbonyl (C=O) groups is 3. The van der Waals surface area contributed by atoms with Crippen molar-refractivity contribution in [3.63, 3.8) is 0 Å². The topological polar surface area (TPSA) is 78.9 Å². The van der Waals surface area contributed by atoms with E-state index in [1.165, 1.54) is 135 Å². The summed E-state index contributed by atoms with van der Waals surface area (Å²) in [7, 11) is 0. The van der Waals surface area contributed by atoms with Crippen molar-refractivity contribution in [2.24, 2.45) is 0 Å². The second-order valence-corrected chi connectivity index (χ2v) is 21.3. The Labute approximate surface area is 487 Å². The fourth-order valence-electron chi connectivity index (χ4n) is 8.85. The van der Waals surface area contributed by atoms with Crippen LogP contribution in [-0.2, 0) is 28.6 Å². The van der Waals surface area contributed by atoms with Gasteiger partial charge in [-0.25, -0.2) is 0 Å². The van der Waals surface area contributed by atoms with Crippen LogP contribution < -0.4 is 0 Å². The molecule has 448 valence electrons. The predicted molar refractivity (Wildman–Crippen MR) is 343 cm³/mol. The van der Waals surface area contributed by atoms with Gasteiger partial charge in [-0.15, -0.1) is 0 Å². The Hall–Kier alpha value is -4.45. The Morgan fingerprint density at radius 3 is 0.823 bits per heavy atom. The lowest BCUT2D eigenvalue weighted by Crippen LogP contribution is -2.30. The van der Waals surface area contributed by atoms with Crippen LogP contribution in [0.25, 0.3) is 0 Å². The Balaban J connectivity index is 4.28. The van der Waals surface area contributed by atoms with Crippen molar-refractivity contribution < 1.29 is 28.6 Å². The first kappa shape index (κ1) is 74.5. The lowest BCUT2D eigenvalue weighted by molar-refractivity contribution is -0.166. The van der Waals surface area contributed by atoms with Crippen molar-refractivity contribution in [3.8, 4) is 0 Å². The molecule has 1 atom stereocenters. The van der Waals surface area contributed by atoms with E-state index in [-0.39, 0.29) is 31.6 Å². The molecule has 0 N–H and O–H groups in total. The van der Waals surface area contributed by atoms with Crippen molar-refractivity contribution in [1.82, 2.24) is 0 Å². The number of unbranched alkanes of at least 4 members (excludes halogenated alkanes) is 25. The number of ether oxygens (including phenoxy) is 3. The molecule has 0 aliphatic rings. The molecule has 0 saturated heterocycles. The molecule has 0 aromatic carbocycles. The van der Waals surface area contributed by atoms with Gasteiger partial charge in [0, 0.05) is 19.3 Å². The first-order valence-electron chi connectivity index (χ1n) is 32.7. The first-order chi connectivity index (χ1) is 39.0. The predicted octanol–water partition coefficient (Wildman–Crippen LogP) is 22.5. The Bertz CT molecular complexity index is 1680. The molecule has 1 unspecified atom stereocenters. The normalized spacial score (nSPS) is 13.0. The summed E-state index contributed by atoms with van der Waals surface area (Å²) < 4.78 is 16.8. The van der Waals surface area contributed by atoms with Crippen molar-refractivity contribution in [2.45, 2.75) is 297 Å². The van der Waals surface area contributed by atoms with Crippen LogP contribution in [0, 0.1) is 0 Å². The van der Waals surface area contributed by atoms with Gasteiger partial charge >= 0.3 is 17.9 Å². The minimum Gasteiger partial charge on any atom is -0.462 e. The van der Waals surface area contributed by atoms with Gasteiger partial charge in [-0.3, -0.25) is 14.4 Å². The van der Waals surface area contributed by atoms with Gasteiger partial charge in [0.2, 0.25) is 0 Å². The zero-order valence-corrected chi connectivity index (χ0v) is 51.3. The quantitative estimate of drug-likeness (QED) is 0.0261. The number of rotatable bonds is 58. The maximum Gasteiger partial charge on any atom is 0.306 e. The van der Waals surface area contributed by atoms with E-state index in [1.807, 2.05) is 6.08 Å². The molecule has 0 saturated carbocycles. The summed E-state index contributed by atoms with van der Waals surface area (Å²) in [5.41, 5.74) is 0. The standard InChI is InChI=1S/C73H120O6/c1-4-7-10-13-16-19-22-24-26-28-30-31-32-33-34-35-36-37-38-39-40-41-43-44-46-48-51-54-57-60-63-66-72(75)78-69-70(68-77-71(74)65-62-59-56-53-50-21-18-15-12-9-6-3)79-73(76)67-64-61-58-55-52-49-47-45-42-29-27-25-23-20-17-14-11-8-5-2/h7-8,10-11,16-17,19-20,24-27,30-31,33-34,42,45,49,52,58,61,70H,4-6,9,12-15,18,21-23,28-29,32,35-41,43-44,46-48,50-51,53-57,59-60,62-69H2,1-3H3/b10-7-,11-8-,19-16-,20-17-,26-24-,27-25-,31-30-,34-33-,45-42-,52-49-,61-58-. The van der Waals surface area contributed by atoms with Crippen LogP contribution in [0.3, 0.4) is 0 Å². The molecule has 0 rings (SSSR count). The largest absolute Gasteiger partial charge is 0.462 e. The average molecular weight is 1090 g/mol. The SMILES string of the molecule is CC/C=C\C/C=C\C/C=C\C/C=C\C/C=C\C/C=C\CCC(=O)OC(COC(=O)CCCCCCCCCCCCC)COC(=O)CCCCCCCCCCCCCCCCC/C=C\C/C=C\C/C=C\C/C=C\C/C=C\CC. The molecule has 0 bridgehead atoms. The molecule has 0 aliphatic carbocycles. The van der Waals surface area contributed by atoms with E-state index in [1.54, 1.807) is 0 Å². The minimum absolute atomic E-state index is 0.108. The van der Waals surface area contributed by atoms with E-state index in [4.69, 9.17) is 14.2 Å². The van der Waals surface area contributed by atoms with Crippen LogP contribution in [0.4, 0.5) is 0 Å². The number of hydrogen-bond donors (Lipinski definition) is 0. The van der Waals surface area contributed by atoms with Gasteiger partial charge in [0.15, 0.2) is 6.10 Å². The van der Waals surface area contributed by atoms with E-state index in [2.05, 4.69) is 148 Å². The second kappa shape index (κ2) is 66.1. The summed E-state index contributed by atoms with van der Waals surface area (Å²) >= 11 is 0. The van der Waals surface area contributed by atoms with Crippen LogP contribution in [0.5, 0.6) is 0 Å². The van der Waals surface area contributed by atoms with Gasteiger partial charge in [-0.1, -0.05) is 302 Å². The van der Waals surface area contributed by atoms with Gasteiger partial charge < -0.3 is 14.2 Å². The number of allylic oxidation sites excluding steroid dienone is 22. The summed E-state index contributed by atoms with van der Waals surface area (Å²) in [6.07, 6.45) is 93.4. The van der Waals surface area contributed by atoms with E-state index in [9.17, 15) is 14.4 Å². The van der Waals surface area contributed by atoms with E-state index < -0.39 is 12.1 Å². The average Bonchev–Trinajstić information content (AvgIpc) is 3.45. The van der Waals surface area contributed by atoms with E-state index in [0.29, 0.717) is 19.3 Å². The van der Waals surface area contributed by atoms with Crippen LogP contribution >= 0.6 is 0 Å². The molecule has 0 aromatic heterocycles. The Morgan fingerprint density at radius 2 is 0.519 bits per heavy atom. The number of esters is 3. The van der Waals surface area contributed by atoms with Gasteiger partial charge in [0.05, 0.1) is 0 Å². The van der Waals surface area contributed by atoms with E-state index >= 15 is 0 Å². The highest BCUT2D eigenvalue weighted by Crippen LogP contribution is 2.16. The summed E-state index contributed by atoms with van der Waals surface area (Å²) in [6.45, 7) is 6.35. The smallest absolute Gasteiger partial charge is 0.306 e. The highest BCUT2D eigenvalue weighted by molar-refractivity contribution is 5.71. The van der Waals surface area contributed by atoms with Crippen molar-refractivity contribution in [3.05, 3.63) is 134 Å². The number of hydrogen-bond acceptors (Lipinski definition) is 6. The second-order valence-electron chi connectivity index (χ2n) is 21.3. The van der Waals surface area contributed by atoms with Crippen LogP contribution in [-0.4, -0.2) is 37.2 Å². The molecule has 0 amide bonds. The zero-order valence-electron chi connectivity index (χ0n) is 51.3. The van der Waals surface area contributed by atoms with Crippen molar-refractivity contribution >= 4 is 17.9 Å². The third kappa shape index (κ3) is 64.3. The summed E-state index contributed by atoms with van der Waals surface area (Å²) in [6, 6.07) is 0. The lowest BCUT2D eigenvalue weighted by Gasteiger charge is -2.18. The molecular weight excluding hydrogens is 973 g/mol. The summed E-state index contributed by atoms with van der Waals surface area (Å²) in [4.78, 5) is 38.2. The maximum atomic E-state index is 12.9. The molecule has 0 radical (unpaired) electrons. The van der Waals surface area contributed by atoms with Crippen molar-refractivity contribution in [1.29, 1.82) is 0 Å². The van der Waals surface area contributed by atoms with Crippen molar-refractivity contribution in [2.75, 3.05) is 13.2 Å². The third-order valence-corrected chi connectivity index (χ3v) is 13.7. The highest BCUT2D eigenvalue weighted by Gasteiger charge is 2.19. The molecule has 0 fully saturated rings. The molecule has 0 aliphatic heterocycles. The lowest BCUT2D eigenvalue weighted by atomic mass is 10.0. The molecule has 6 nitrogen and oxygen atoms in total. The summed E-state index contributed by atoms with van der Waals surface area (Å²) in [5.74, 6) is -0.989. The number of carbonyl (C=O) groups excluding carboxylic acids is 3. The fourth-order valence-corrected chi connectivity index (χ4v) is 8.85. The molecular formula is C73H120O6. The van der Waals surface area contributed by atoms with Gasteiger partial charge in [-0.05, 0) is 103 Å². The van der Waals surface area contributed by atoms with E-state index in [0.717, 1.165) is 109 Å². The van der Waals surface area contributed by atoms with Gasteiger partial charge in [0.25, 0.3) is 0 Å². The van der Waals surface area contributed by atoms with Gasteiger partial charge in [-0.2, -0.15) is 0 Å². The van der Waals surface area contributed by atoms with Crippen LogP contribution in [0.15, 0.2) is 134 Å². The minimum atomic E-state index is -0.820. The molecule has 0 aromatic rings. The first-order valence-corrected chi connectivity index (χ1v) is 32.7. The summed E-state index contributed by atoms with van der Waals surface area (Å²) in [5, 5.41) is 0. The van der Waals surface area contributed by atoms with Crippen LogP contribution in [0.1, 0.15) is 290 Å². The maximum absolute atomic E-state index is 12.9. The highest BCUT2D eigenvalue weighted by atomic mass is 16.6. The molecule has 0 heterocycles. The van der Waals surface area contributed by atoms with Crippen LogP contribution in [0.2, 0.25) is 0 Å². The fraction of sp³-hybridized carbons (Fsp3) is 0.658. The van der Waals surface area contributed by atoms with Gasteiger partial charge in [0.1, 0.15) is 13.2 Å². The molecule has 79 heavy (non-hydrogen) atoms.